The van der Waals surface area contributed by atoms with Crippen molar-refractivity contribution >= 4 is 52.8 Å². The minimum absolute atomic E-state index is 0.0684. The number of nitrogens with two attached hydrogens (primary N) is 1. The second-order valence-electron chi connectivity index (χ2n) is 11.5. The highest BCUT2D eigenvalue weighted by molar-refractivity contribution is 8.00. The van der Waals surface area contributed by atoms with Gasteiger partial charge >= 0.3 is 0 Å². The van der Waals surface area contributed by atoms with Gasteiger partial charge in [-0.15, -0.1) is 11.8 Å². The van der Waals surface area contributed by atoms with Gasteiger partial charge < -0.3 is 21.7 Å². The molecule has 0 radical (unpaired) electrons. The maximum atomic E-state index is 13.7. The highest BCUT2D eigenvalue weighted by atomic mass is 32.2. The van der Waals surface area contributed by atoms with Crippen molar-refractivity contribution in [3.63, 3.8) is 0 Å². The molecule has 1 atom stereocenters. The van der Waals surface area contributed by atoms with Crippen molar-refractivity contribution in [1.29, 1.82) is 0 Å². The van der Waals surface area contributed by atoms with Crippen molar-refractivity contribution in [2.75, 3.05) is 10.6 Å². The van der Waals surface area contributed by atoms with Gasteiger partial charge in [0.05, 0.1) is 11.3 Å². The van der Waals surface area contributed by atoms with E-state index in [0.29, 0.717) is 27.8 Å². The molecule has 0 fully saturated rings. The van der Waals surface area contributed by atoms with Crippen LogP contribution in [-0.2, 0) is 9.59 Å². The summed E-state index contributed by atoms with van der Waals surface area (Å²) in [6, 6.07) is 39.4. The maximum absolute atomic E-state index is 13.7. The van der Waals surface area contributed by atoms with Gasteiger partial charge in [-0.2, -0.15) is 0 Å². The first kappa shape index (κ1) is 34.4. The van der Waals surface area contributed by atoms with Crippen LogP contribution < -0.4 is 21.7 Å². The Morgan fingerprint density at radius 1 is 0.694 bits per heavy atom. The molecule has 0 spiro atoms. The number of anilines is 2. The SMILES string of the molecule is CC(C)c1ccc(/C=C(/NC(=O)c2ccccc2)C(=O)Nc2cccc(SC(C(=O)Nc3ccccc3C(N)=O)c3ccccc3)c2)cc1. The molecule has 246 valence electrons. The van der Waals surface area contributed by atoms with Crippen molar-refractivity contribution in [3.8, 4) is 0 Å². The Morgan fingerprint density at radius 2 is 1.35 bits per heavy atom. The number of amides is 4. The van der Waals surface area contributed by atoms with Gasteiger partial charge in [-0.25, -0.2) is 0 Å². The highest BCUT2D eigenvalue weighted by Gasteiger charge is 2.24. The fraction of sp³-hybridized carbons (Fsp3) is 0.100. The monoisotopic (exact) mass is 668 g/mol. The van der Waals surface area contributed by atoms with Crippen LogP contribution in [0.25, 0.3) is 6.08 Å². The molecule has 0 heterocycles. The van der Waals surface area contributed by atoms with Gasteiger partial charge in [0.2, 0.25) is 5.91 Å². The zero-order valence-corrected chi connectivity index (χ0v) is 27.9. The lowest BCUT2D eigenvalue weighted by molar-refractivity contribution is -0.116. The van der Waals surface area contributed by atoms with Gasteiger partial charge in [0.1, 0.15) is 10.9 Å². The zero-order valence-electron chi connectivity index (χ0n) is 27.1. The molecule has 0 saturated heterocycles. The molecular formula is C40H36N4O4S. The van der Waals surface area contributed by atoms with E-state index in [1.54, 1.807) is 72.8 Å². The van der Waals surface area contributed by atoms with Crippen molar-refractivity contribution in [3.05, 3.63) is 167 Å². The number of carbonyl (C=O) groups excluding carboxylic acids is 4. The van der Waals surface area contributed by atoms with Crippen LogP contribution in [0.4, 0.5) is 11.4 Å². The third-order valence-electron chi connectivity index (χ3n) is 7.58. The van der Waals surface area contributed by atoms with E-state index in [1.807, 2.05) is 66.7 Å². The van der Waals surface area contributed by atoms with Crippen LogP contribution in [0, 0.1) is 0 Å². The summed E-state index contributed by atoms with van der Waals surface area (Å²) in [6.07, 6.45) is 1.64. The molecule has 9 heteroatoms. The molecule has 49 heavy (non-hydrogen) atoms. The van der Waals surface area contributed by atoms with Crippen molar-refractivity contribution in [1.82, 2.24) is 5.32 Å². The summed E-state index contributed by atoms with van der Waals surface area (Å²) >= 11 is 1.28. The summed E-state index contributed by atoms with van der Waals surface area (Å²) in [5.74, 6) is -1.58. The molecule has 0 aliphatic heterocycles. The van der Waals surface area contributed by atoms with Gasteiger partial charge in [-0.1, -0.05) is 105 Å². The van der Waals surface area contributed by atoms with Crippen LogP contribution in [0.15, 0.2) is 144 Å². The lowest BCUT2D eigenvalue weighted by Crippen LogP contribution is -2.30. The van der Waals surface area contributed by atoms with Crippen LogP contribution in [0.2, 0.25) is 0 Å². The van der Waals surface area contributed by atoms with E-state index in [1.165, 1.54) is 11.8 Å². The summed E-state index contributed by atoms with van der Waals surface area (Å²) < 4.78 is 0. The molecule has 5 N–H and O–H groups in total. The Balaban J connectivity index is 1.39. The van der Waals surface area contributed by atoms with Gasteiger partial charge in [0, 0.05) is 16.1 Å². The fourth-order valence-corrected chi connectivity index (χ4v) is 6.06. The van der Waals surface area contributed by atoms with Crippen LogP contribution in [-0.4, -0.2) is 23.6 Å². The van der Waals surface area contributed by atoms with E-state index < -0.39 is 23.0 Å². The molecule has 0 aromatic heterocycles. The van der Waals surface area contributed by atoms with E-state index in [-0.39, 0.29) is 17.2 Å². The van der Waals surface area contributed by atoms with E-state index in [9.17, 15) is 19.2 Å². The highest BCUT2D eigenvalue weighted by Crippen LogP contribution is 2.37. The second-order valence-corrected chi connectivity index (χ2v) is 12.7. The Morgan fingerprint density at radius 3 is 2.02 bits per heavy atom. The molecule has 1 unspecified atom stereocenters. The molecule has 0 aliphatic carbocycles. The number of hydrogen-bond acceptors (Lipinski definition) is 5. The molecule has 5 rings (SSSR count). The average molecular weight is 669 g/mol. The third kappa shape index (κ3) is 9.33. The van der Waals surface area contributed by atoms with Crippen LogP contribution in [0.1, 0.15) is 62.4 Å². The van der Waals surface area contributed by atoms with Crippen molar-refractivity contribution in [2.24, 2.45) is 5.73 Å². The first-order valence-corrected chi connectivity index (χ1v) is 16.6. The summed E-state index contributed by atoms with van der Waals surface area (Å²) in [6.45, 7) is 4.21. The molecule has 8 nitrogen and oxygen atoms in total. The lowest BCUT2D eigenvalue weighted by atomic mass is 10.0. The Labute approximate surface area is 289 Å². The lowest BCUT2D eigenvalue weighted by Gasteiger charge is -2.18. The minimum atomic E-state index is -0.706. The smallest absolute Gasteiger partial charge is 0.272 e. The molecule has 0 aliphatic rings. The second kappa shape index (κ2) is 16.3. The Hall–Kier alpha value is -5.93. The number of hydrogen-bond donors (Lipinski definition) is 4. The fourth-order valence-electron chi connectivity index (χ4n) is 4.97. The zero-order chi connectivity index (χ0) is 34.8. The third-order valence-corrected chi connectivity index (χ3v) is 8.83. The van der Waals surface area contributed by atoms with Crippen LogP contribution in [0.3, 0.4) is 0 Å². The minimum Gasteiger partial charge on any atom is -0.366 e. The molecule has 0 saturated carbocycles. The first-order chi connectivity index (χ1) is 23.7. The topological polar surface area (TPSA) is 130 Å². The number of primary amides is 1. The number of carbonyl (C=O) groups is 4. The van der Waals surface area contributed by atoms with Crippen LogP contribution >= 0.6 is 11.8 Å². The van der Waals surface area contributed by atoms with Gasteiger partial charge in [-0.05, 0) is 71.1 Å². The van der Waals surface area contributed by atoms with Crippen molar-refractivity contribution in [2.45, 2.75) is 29.9 Å². The number of benzene rings is 5. The van der Waals surface area contributed by atoms with Crippen LogP contribution in [0.5, 0.6) is 0 Å². The van der Waals surface area contributed by atoms with Gasteiger partial charge in [0.25, 0.3) is 17.7 Å². The number of nitrogens with one attached hydrogen (secondary N) is 3. The first-order valence-electron chi connectivity index (χ1n) is 15.7. The predicted octanol–water partition coefficient (Wildman–Crippen LogP) is 7.79. The Bertz CT molecular complexity index is 1980. The molecule has 0 bridgehead atoms. The van der Waals surface area contributed by atoms with Gasteiger partial charge in [-0.3, -0.25) is 19.2 Å². The van der Waals surface area contributed by atoms with E-state index in [0.717, 1.165) is 16.7 Å². The largest absolute Gasteiger partial charge is 0.366 e. The normalized spacial score (nSPS) is 11.8. The van der Waals surface area contributed by atoms with E-state index >= 15 is 0 Å². The number of para-hydroxylation sites is 1. The van der Waals surface area contributed by atoms with Gasteiger partial charge in [0.15, 0.2) is 0 Å². The number of rotatable bonds is 12. The predicted molar refractivity (Wildman–Crippen MR) is 196 cm³/mol. The maximum Gasteiger partial charge on any atom is 0.272 e. The summed E-state index contributed by atoms with van der Waals surface area (Å²) in [5, 5.41) is 7.83. The average Bonchev–Trinajstić information content (AvgIpc) is 3.11. The summed E-state index contributed by atoms with van der Waals surface area (Å²) in [4.78, 5) is 53.2. The Kier molecular flexibility index (Phi) is 11.4. The molecular weight excluding hydrogens is 633 g/mol. The summed E-state index contributed by atoms with van der Waals surface area (Å²) in [5.41, 5.74) is 9.67. The molecule has 5 aromatic rings. The quantitative estimate of drug-likeness (QED) is 0.0797. The number of thioether (sulfide) groups is 1. The summed E-state index contributed by atoms with van der Waals surface area (Å²) in [7, 11) is 0. The van der Waals surface area contributed by atoms with Crippen molar-refractivity contribution < 1.29 is 19.2 Å². The van der Waals surface area contributed by atoms with E-state index in [4.69, 9.17) is 5.73 Å². The molecule has 5 aromatic carbocycles. The molecule has 4 amide bonds. The van der Waals surface area contributed by atoms with E-state index in [2.05, 4.69) is 29.8 Å². The standard InChI is InChI=1S/C40H36N4O4S/c1-26(2)28-22-20-27(21-23-28)24-35(44-38(46)30-14-7-4-8-15-30)39(47)42-31-16-11-17-32(25-31)49-36(29-12-5-3-6-13-29)40(48)43-34-19-10-9-18-33(34)37(41)45/h3-26,36H,1-2H3,(H2,41,45)(H,42,47)(H,43,48)(H,44,46)/b35-24+.